The summed E-state index contributed by atoms with van der Waals surface area (Å²) in [6.45, 7) is 8.62. The van der Waals surface area contributed by atoms with Gasteiger partial charge in [-0.3, -0.25) is 0 Å². The first-order chi connectivity index (χ1) is 16.9. The molecule has 0 amide bonds. The van der Waals surface area contributed by atoms with Crippen molar-refractivity contribution in [3.05, 3.63) is 54.1 Å². The van der Waals surface area contributed by atoms with Gasteiger partial charge in [0.05, 0.1) is 12.2 Å². The topological polar surface area (TPSA) is 44.8 Å². The second kappa shape index (κ2) is 16.2. The van der Waals surface area contributed by atoms with Crippen LogP contribution in [0.2, 0.25) is 0 Å². The predicted octanol–water partition coefficient (Wildman–Crippen LogP) is 8.58. The predicted molar refractivity (Wildman–Crippen MR) is 140 cm³/mol. The lowest BCUT2D eigenvalue weighted by Gasteiger charge is -2.20. The molecule has 0 N–H and O–H groups in total. The van der Waals surface area contributed by atoms with Crippen molar-refractivity contribution in [2.24, 2.45) is 5.92 Å². The maximum absolute atomic E-state index is 14.2. The molecule has 0 saturated heterocycles. The molecule has 0 aliphatic carbocycles. The summed E-state index contributed by atoms with van der Waals surface area (Å²) in [5, 5.41) is 0. The molecule has 0 aliphatic heterocycles. The van der Waals surface area contributed by atoms with E-state index in [2.05, 4.69) is 6.92 Å². The Labute approximate surface area is 211 Å². The van der Waals surface area contributed by atoms with Crippen LogP contribution in [0.3, 0.4) is 0 Å². The Balaban J connectivity index is 1.70. The Morgan fingerprint density at radius 3 is 1.91 bits per heavy atom. The van der Waals surface area contributed by atoms with Crippen LogP contribution in [0.5, 0.6) is 17.2 Å². The van der Waals surface area contributed by atoms with Gasteiger partial charge in [0.25, 0.3) is 0 Å². The van der Waals surface area contributed by atoms with Crippen molar-refractivity contribution >= 4 is 5.97 Å². The zero-order valence-electron chi connectivity index (χ0n) is 21.9. The standard InChI is InChI=1S/C30H43FO4/c1-5-6-7-8-9-10-11-12-21-33-26-17-19-28(20-18-26)35-30(32)25-13-15-27(16-14-25)34-24(4)29(31)22-23(2)3/h13-20,23-24,29H,5-12,21-22H2,1-4H3/t24-,29+/m1/s1. The van der Waals surface area contributed by atoms with Crippen LogP contribution in [-0.4, -0.2) is 24.9 Å². The van der Waals surface area contributed by atoms with Gasteiger partial charge in [-0.2, -0.15) is 0 Å². The van der Waals surface area contributed by atoms with E-state index < -0.39 is 18.2 Å². The van der Waals surface area contributed by atoms with Gasteiger partial charge in [0.1, 0.15) is 29.5 Å². The van der Waals surface area contributed by atoms with Crippen LogP contribution in [0.1, 0.15) is 95.8 Å². The molecule has 0 spiro atoms. The van der Waals surface area contributed by atoms with Gasteiger partial charge in [-0.05, 0) is 74.2 Å². The number of esters is 1. The highest BCUT2D eigenvalue weighted by Gasteiger charge is 2.19. The van der Waals surface area contributed by atoms with E-state index in [0.717, 1.165) is 12.2 Å². The number of hydrogen-bond acceptors (Lipinski definition) is 4. The fraction of sp³-hybridized carbons (Fsp3) is 0.567. The van der Waals surface area contributed by atoms with Crippen LogP contribution in [-0.2, 0) is 0 Å². The van der Waals surface area contributed by atoms with Crippen LogP contribution in [0.25, 0.3) is 0 Å². The van der Waals surface area contributed by atoms with Crippen LogP contribution in [0.15, 0.2) is 48.5 Å². The highest BCUT2D eigenvalue weighted by atomic mass is 19.1. The highest BCUT2D eigenvalue weighted by molar-refractivity contribution is 5.91. The van der Waals surface area contributed by atoms with Crippen molar-refractivity contribution in [2.45, 2.75) is 97.8 Å². The summed E-state index contributed by atoms with van der Waals surface area (Å²) in [6, 6.07) is 13.7. The first-order valence-electron chi connectivity index (χ1n) is 13.2. The van der Waals surface area contributed by atoms with Crippen LogP contribution in [0.4, 0.5) is 4.39 Å². The fourth-order valence-electron chi connectivity index (χ4n) is 3.80. The molecule has 194 valence electrons. The van der Waals surface area contributed by atoms with E-state index in [4.69, 9.17) is 14.2 Å². The molecular formula is C30H43FO4. The molecule has 0 bridgehead atoms. The molecule has 0 radical (unpaired) electrons. The van der Waals surface area contributed by atoms with Crippen LogP contribution < -0.4 is 14.2 Å². The summed E-state index contributed by atoms with van der Waals surface area (Å²) in [7, 11) is 0. The molecule has 4 nitrogen and oxygen atoms in total. The van der Waals surface area contributed by atoms with E-state index in [-0.39, 0.29) is 5.92 Å². The third kappa shape index (κ3) is 11.6. The first-order valence-corrected chi connectivity index (χ1v) is 13.2. The summed E-state index contributed by atoms with van der Waals surface area (Å²) in [5.41, 5.74) is 0.402. The van der Waals surface area contributed by atoms with E-state index in [1.807, 2.05) is 26.0 Å². The van der Waals surface area contributed by atoms with Crippen LogP contribution in [0, 0.1) is 5.92 Å². The minimum absolute atomic E-state index is 0.267. The zero-order chi connectivity index (χ0) is 25.5. The maximum atomic E-state index is 14.2. The van der Waals surface area contributed by atoms with Gasteiger partial charge in [0.2, 0.25) is 0 Å². The number of unbranched alkanes of at least 4 members (excludes halogenated alkanes) is 7. The monoisotopic (exact) mass is 486 g/mol. The number of halogens is 1. The van der Waals surface area contributed by atoms with Crippen molar-refractivity contribution in [2.75, 3.05) is 6.61 Å². The Kier molecular flexibility index (Phi) is 13.3. The second-order valence-corrected chi connectivity index (χ2v) is 9.68. The Hall–Kier alpha value is -2.56. The van der Waals surface area contributed by atoms with Crippen molar-refractivity contribution in [1.82, 2.24) is 0 Å². The maximum Gasteiger partial charge on any atom is 0.343 e. The van der Waals surface area contributed by atoms with Gasteiger partial charge in [-0.15, -0.1) is 0 Å². The van der Waals surface area contributed by atoms with E-state index in [0.29, 0.717) is 30.1 Å². The quantitative estimate of drug-likeness (QED) is 0.128. The summed E-state index contributed by atoms with van der Waals surface area (Å²) < 4.78 is 31.1. The smallest absolute Gasteiger partial charge is 0.343 e. The number of alkyl halides is 1. The molecular weight excluding hydrogens is 443 g/mol. The Bertz CT molecular complexity index is 832. The fourth-order valence-corrected chi connectivity index (χ4v) is 3.80. The molecule has 0 aromatic heterocycles. The number of carbonyl (C=O) groups excluding carboxylic acids is 1. The third-order valence-electron chi connectivity index (χ3n) is 5.92. The van der Waals surface area contributed by atoms with Crippen molar-refractivity contribution in [1.29, 1.82) is 0 Å². The summed E-state index contributed by atoms with van der Waals surface area (Å²) in [4.78, 5) is 12.5. The average Bonchev–Trinajstić information content (AvgIpc) is 2.84. The lowest BCUT2D eigenvalue weighted by atomic mass is 10.0. The lowest BCUT2D eigenvalue weighted by molar-refractivity contribution is 0.0734. The van der Waals surface area contributed by atoms with Crippen molar-refractivity contribution in [3.63, 3.8) is 0 Å². The number of benzene rings is 2. The van der Waals surface area contributed by atoms with Gasteiger partial charge in [-0.1, -0.05) is 65.7 Å². The summed E-state index contributed by atoms with van der Waals surface area (Å²) >= 11 is 0. The highest BCUT2D eigenvalue weighted by Crippen LogP contribution is 2.22. The molecule has 2 aromatic carbocycles. The number of carbonyl (C=O) groups is 1. The van der Waals surface area contributed by atoms with Crippen LogP contribution >= 0.6 is 0 Å². The SMILES string of the molecule is CCCCCCCCCCOc1ccc(OC(=O)c2ccc(O[C@H](C)[C@@H](F)CC(C)C)cc2)cc1. The van der Waals surface area contributed by atoms with E-state index >= 15 is 0 Å². The molecule has 5 heteroatoms. The average molecular weight is 487 g/mol. The molecule has 2 rings (SSSR count). The first kappa shape index (κ1) is 28.7. The van der Waals surface area contributed by atoms with E-state index in [1.165, 1.54) is 44.9 Å². The minimum atomic E-state index is -1.04. The molecule has 2 atom stereocenters. The van der Waals surface area contributed by atoms with E-state index in [1.54, 1.807) is 43.3 Å². The third-order valence-corrected chi connectivity index (χ3v) is 5.92. The largest absolute Gasteiger partial charge is 0.494 e. The molecule has 0 saturated carbocycles. The number of hydrogen-bond donors (Lipinski definition) is 0. The molecule has 0 heterocycles. The molecule has 2 aromatic rings. The second-order valence-electron chi connectivity index (χ2n) is 9.68. The minimum Gasteiger partial charge on any atom is -0.494 e. The number of rotatable bonds is 17. The Morgan fingerprint density at radius 1 is 0.771 bits per heavy atom. The van der Waals surface area contributed by atoms with Gasteiger partial charge in [-0.25, -0.2) is 9.18 Å². The van der Waals surface area contributed by atoms with Crippen molar-refractivity contribution < 1.29 is 23.4 Å². The zero-order valence-corrected chi connectivity index (χ0v) is 21.9. The van der Waals surface area contributed by atoms with Gasteiger partial charge in [0, 0.05) is 0 Å². The molecule has 35 heavy (non-hydrogen) atoms. The van der Waals surface area contributed by atoms with Gasteiger partial charge in [0.15, 0.2) is 0 Å². The normalized spacial score (nSPS) is 12.9. The lowest BCUT2D eigenvalue weighted by Crippen LogP contribution is -2.26. The van der Waals surface area contributed by atoms with Gasteiger partial charge >= 0.3 is 5.97 Å². The number of ether oxygens (including phenoxy) is 3. The van der Waals surface area contributed by atoms with Crippen molar-refractivity contribution in [3.8, 4) is 17.2 Å². The van der Waals surface area contributed by atoms with Gasteiger partial charge < -0.3 is 14.2 Å². The molecule has 0 fully saturated rings. The molecule has 0 aliphatic rings. The summed E-state index contributed by atoms with van der Waals surface area (Å²) in [5.74, 6) is 1.56. The van der Waals surface area contributed by atoms with E-state index in [9.17, 15) is 9.18 Å². The molecule has 0 unspecified atom stereocenters. The summed E-state index contributed by atoms with van der Waals surface area (Å²) in [6.07, 6.45) is 9.00. The Morgan fingerprint density at radius 2 is 1.31 bits per heavy atom.